The summed E-state index contributed by atoms with van der Waals surface area (Å²) in [6.45, 7) is 0. The molecule has 0 saturated carbocycles. The summed E-state index contributed by atoms with van der Waals surface area (Å²) in [5, 5.41) is 13.3. The Kier molecular flexibility index (Phi) is 3.77. The highest BCUT2D eigenvalue weighted by Gasteiger charge is 2.60. The van der Waals surface area contributed by atoms with E-state index < -0.39 is 18.4 Å². The third kappa shape index (κ3) is 2.89. The zero-order valence-corrected chi connectivity index (χ0v) is 12.3. The monoisotopic (exact) mass is 342 g/mol. The Labute approximate surface area is 134 Å². The van der Waals surface area contributed by atoms with Crippen molar-refractivity contribution >= 4 is 17.3 Å². The summed E-state index contributed by atoms with van der Waals surface area (Å²) >= 11 is 6.05. The van der Waals surface area contributed by atoms with Gasteiger partial charge >= 0.3 is 12.0 Å². The number of benzene rings is 1. The highest BCUT2D eigenvalue weighted by atomic mass is 35.5. The quantitative estimate of drug-likeness (QED) is 0.903. The predicted molar refractivity (Wildman–Crippen MR) is 77.9 cm³/mol. The first-order valence-electron chi connectivity index (χ1n) is 6.55. The lowest BCUT2D eigenvalue weighted by Crippen LogP contribution is -2.45. The topological polar surface area (TPSA) is 54.7 Å². The molecule has 0 aliphatic carbocycles. The van der Waals surface area contributed by atoms with E-state index in [4.69, 9.17) is 11.6 Å². The van der Waals surface area contributed by atoms with Crippen molar-refractivity contribution in [3.8, 4) is 11.1 Å². The molecule has 8 heteroatoms. The molecule has 2 heterocycles. The van der Waals surface area contributed by atoms with E-state index in [1.807, 2.05) is 0 Å². The molecular weight excluding hydrogens is 333 g/mol. The number of hydrogen-bond acceptors (Lipinski definition) is 4. The van der Waals surface area contributed by atoms with Crippen molar-refractivity contribution in [2.45, 2.75) is 18.4 Å². The van der Waals surface area contributed by atoms with E-state index in [0.29, 0.717) is 10.6 Å². The lowest BCUT2D eigenvalue weighted by atomic mass is 9.99. The van der Waals surface area contributed by atoms with Crippen LogP contribution in [0.1, 0.15) is 12.0 Å². The number of alkyl halides is 3. The average Bonchev–Trinajstić information content (AvgIpc) is 2.92. The molecule has 1 atom stereocenters. The summed E-state index contributed by atoms with van der Waals surface area (Å²) in [7, 11) is 0. The van der Waals surface area contributed by atoms with Crippen molar-refractivity contribution < 1.29 is 23.1 Å². The van der Waals surface area contributed by atoms with Crippen molar-refractivity contribution in [2.75, 3.05) is 0 Å². The molecule has 0 saturated heterocycles. The maximum absolute atomic E-state index is 12.7. The van der Waals surface area contributed by atoms with Crippen molar-refractivity contribution in [1.29, 1.82) is 0 Å². The number of oxime groups is 1. The maximum Gasteiger partial charge on any atom is 0.458 e. The predicted octanol–water partition coefficient (Wildman–Crippen LogP) is 3.78. The lowest BCUT2D eigenvalue weighted by molar-refractivity contribution is -0.355. The molecule has 0 fully saturated rings. The van der Waals surface area contributed by atoms with E-state index in [1.54, 1.807) is 36.5 Å². The Hall–Kier alpha value is -2.12. The Bertz CT molecular complexity index is 762. The van der Waals surface area contributed by atoms with Crippen LogP contribution >= 0.6 is 11.6 Å². The molecule has 0 spiro atoms. The van der Waals surface area contributed by atoms with Gasteiger partial charge in [0.05, 0.1) is 17.2 Å². The molecule has 4 nitrogen and oxygen atoms in total. The summed E-state index contributed by atoms with van der Waals surface area (Å²) in [5.41, 5.74) is 1.99. The molecule has 2 aromatic rings. The fourth-order valence-electron chi connectivity index (χ4n) is 2.18. The standard InChI is InChI=1S/C15H10ClF3N2O2/c16-12-8-20-6-5-11(12)9-1-3-10(4-2-9)13-7-14(22,23-21-13)15(17,18)19/h1-6,8,22H,7H2. The first-order valence-corrected chi connectivity index (χ1v) is 6.92. The van der Waals surface area contributed by atoms with Crippen LogP contribution in [-0.2, 0) is 4.84 Å². The molecule has 120 valence electrons. The summed E-state index contributed by atoms with van der Waals surface area (Å²) in [4.78, 5) is 8.08. The summed E-state index contributed by atoms with van der Waals surface area (Å²) in [5.74, 6) is -3.27. The van der Waals surface area contributed by atoms with E-state index in [9.17, 15) is 18.3 Å². The largest absolute Gasteiger partial charge is 0.458 e. The van der Waals surface area contributed by atoms with Gasteiger partial charge in [0.2, 0.25) is 0 Å². The Morgan fingerprint density at radius 3 is 2.35 bits per heavy atom. The minimum absolute atomic E-state index is 0.0252. The van der Waals surface area contributed by atoms with Gasteiger partial charge in [-0.2, -0.15) is 13.2 Å². The molecule has 0 amide bonds. The normalized spacial score (nSPS) is 21.0. The Morgan fingerprint density at radius 1 is 1.13 bits per heavy atom. The fraction of sp³-hybridized carbons (Fsp3) is 0.200. The molecule has 23 heavy (non-hydrogen) atoms. The number of halogens is 4. The van der Waals surface area contributed by atoms with E-state index >= 15 is 0 Å². The highest BCUT2D eigenvalue weighted by Crippen LogP contribution is 2.39. The van der Waals surface area contributed by atoms with Gasteiger partial charge in [0.25, 0.3) is 0 Å². The minimum Gasteiger partial charge on any atom is -0.350 e. The van der Waals surface area contributed by atoms with Gasteiger partial charge in [0, 0.05) is 18.0 Å². The molecule has 1 N–H and O–H groups in total. The minimum atomic E-state index is -4.91. The Morgan fingerprint density at radius 2 is 1.78 bits per heavy atom. The second-order valence-corrected chi connectivity index (χ2v) is 5.43. The summed E-state index contributed by atoms with van der Waals surface area (Å²) in [6, 6.07) is 8.32. The molecule has 1 aliphatic heterocycles. The smallest absolute Gasteiger partial charge is 0.350 e. The van der Waals surface area contributed by atoms with Gasteiger partial charge in [0.15, 0.2) is 0 Å². The van der Waals surface area contributed by atoms with Crippen LogP contribution in [0.3, 0.4) is 0 Å². The second-order valence-electron chi connectivity index (χ2n) is 5.02. The average molecular weight is 343 g/mol. The van der Waals surface area contributed by atoms with E-state index in [-0.39, 0.29) is 5.71 Å². The van der Waals surface area contributed by atoms with Crippen molar-refractivity contribution in [3.63, 3.8) is 0 Å². The molecule has 3 rings (SSSR count). The summed E-state index contributed by atoms with van der Waals surface area (Å²) in [6.07, 6.45) is -2.58. The van der Waals surface area contributed by atoms with Crippen LogP contribution in [0.5, 0.6) is 0 Å². The first kappa shape index (κ1) is 15.8. The van der Waals surface area contributed by atoms with Gasteiger partial charge in [-0.25, -0.2) is 0 Å². The zero-order chi connectivity index (χ0) is 16.7. The first-order chi connectivity index (χ1) is 10.8. The third-order valence-corrected chi connectivity index (χ3v) is 3.76. The number of aliphatic hydroxyl groups is 1. The SMILES string of the molecule is OC1(C(F)(F)F)CC(c2ccc(-c3ccncc3Cl)cc2)=NO1. The number of pyridine rings is 1. The van der Waals surface area contributed by atoms with Crippen LogP contribution in [0, 0.1) is 0 Å². The number of aromatic nitrogens is 1. The number of rotatable bonds is 2. The van der Waals surface area contributed by atoms with E-state index in [0.717, 1.165) is 11.1 Å². The molecule has 1 aliphatic rings. The van der Waals surface area contributed by atoms with Gasteiger partial charge in [-0.05, 0) is 17.2 Å². The molecule has 0 bridgehead atoms. The van der Waals surface area contributed by atoms with Gasteiger partial charge in [0.1, 0.15) is 0 Å². The van der Waals surface area contributed by atoms with Gasteiger partial charge in [-0.1, -0.05) is 41.0 Å². The zero-order valence-electron chi connectivity index (χ0n) is 11.5. The van der Waals surface area contributed by atoms with Crippen LogP contribution in [-0.4, -0.2) is 27.8 Å². The fourth-order valence-corrected chi connectivity index (χ4v) is 2.41. The number of hydrogen-bond donors (Lipinski definition) is 1. The van der Waals surface area contributed by atoms with Crippen LogP contribution in [0.15, 0.2) is 47.9 Å². The van der Waals surface area contributed by atoms with Gasteiger partial charge in [-0.3, -0.25) is 4.98 Å². The maximum atomic E-state index is 12.7. The molecule has 0 radical (unpaired) electrons. The van der Waals surface area contributed by atoms with Gasteiger partial charge in [-0.15, -0.1) is 0 Å². The van der Waals surface area contributed by atoms with Crippen molar-refractivity contribution in [3.05, 3.63) is 53.3 Å². The number of nitrogens with zero attached hydrogens (tertiary/aromatic N) is 2. The Balaban J connectivity index is 1.83. The van der Waals surface area contributed by atoms with Gasteiger partial charge < -0.3 is 9.94 Å². The van der Waals surface area contributed by atoms with E-state index in [1.165, 1.54) is 6.20 Å². The third-order valence-electron chi connectivity index (χ3n) is 3.46. The molecule has 1 aromatic heterocycles. The van der Waals surface area contributed by atoms with Crippen LogP contribution in [0.4, 0.5) is 13.2 Å². The van der Waals surface area contributed by atoms with Crippen LogP contribution in [0.25, 0.3) is 11.1 Å². The van der Waals surface area contributed by atoms with Crippen LogP contribution in [0.2, 0.25) is 5.02 Å². The van der Waals surface area contributed by atoms with Crippen molar-refractivity contribution in [2.24, 2.45) is 5.16 Å². The summed E-state index contributed by atoms with van der Waals surface area (Å²) < 4.78 is 38.1. The lowest BCUT2D eigenvalue weighted by Gasteiger charge is -2.22. The van der Waals surface area contributed by atoms with Crippen LogP contribution < -0.4 is 0 Å². The van der Waals surface area contributed by atoms with E-state index in [2.05, 4.69) is 15.0 Å². The van der Waals surface area contributed by atoms with Crippen molar-refractivity contribution in [1.82, 2.24) is 4.98 Å². The molecular formula is C15H10ClF3N2O2. The molecule has 1 unspecified atom stereocenters. The highest BCUT2D eigenvalue weighted by molar-refractivity contribution is 6.33. The molecule has 1 aromatic carbocycles. The second kappa shape index (κ2) is 5.50.